The smallest absolute Gasteiger partial charge is 0.423 e. The van der Waals surface area contributed by atoms with E-state index in [0.717, 1.165) is 0 Å². The average Bonchev–Trinajstić information content (AvgIpc) is 2.38. The topological polar surface area (TPSA) is 86.6 Å². The lowest BCUT2D eigenvalue weighted by atomic mass is 9.80. The summed E-state index contributed by atoms with van der Waals surface area (Å²) in [7, 11) is -5.34. The summed E-state index contributed by atoms with van der Waals surface area (Å²) >= 11 is 0. The summed E-state index contributed by atoms with van der Waals surface area (Å²) in [5, 5.41) is 21.3. The fourth-order valence-electron chi connectivity index (χ4n) is 2.09. The summed E-state index contributed by atoms with van der Waals surface area (Å²) in [6.45, 7) is 0. The van der Waals surface area contributed by atoms with Gasteiger partial charge in [0.05, 0.1) is 21.2 Å². The monoisotopic (exact) mass is 275 g/mol. The fraction of sp³-hybridized carbons (Fsp3) is 0. The predicted octanol–water partition coefficient (Wildman–Crippen LogP) is 0.256. The van der Waals surface area contributed by atoms with Crippen LogP contribution in [0.3, 0.4) is 0 Å². The van der Waals surface area contributed by atoms with Gasteiger partial charge in [0.2, 0.25) is 9.84 Å². The number of rotatable bonds is 1. The van der Waals surface area contributed by atoms with Crippen LogP contribution in [0.1, 0.15) is 0 Å². The summed E-state index contributed by atoms with van der Waals surface area (Å²) in [5.74, 6) is 0. The Kier molecular flexibility index (Phi) is 2.63. The number of para-hydroxylation sites is 1. The zero-order valence-electron chi connectivity index (χ0n) is 9.74. The highest BCUT2D eigenvalue weighted by Gasteiger charge is 2.30. The largest absolute Gasteiger partial charge is 0.488 e. The normalized spacial score (nSPS) is 15.1. The Bertz CT molecular complexity index is 758. The average molecular weight is 275 g/mol. The van der Waals surface area contributed by atoms with Crippen LogP contribution in [-0.2, 0) is 9.84 Å². The molecule has 0 atom stereocenters. The Labute approximate surface area is 110 Å². The molecule has 1 aliphatic rings. The van der Waals surface area contributed by atoms with E-state index < -0.39 is 17.0 Å². The van der Waals surface area contributed by atoms with E-state index in [1.165, 1.54) is 24.3 Å². The number of nitrogens with one attached hydrogen (secondary N) is 1. The minimum atomic E-state index is -3.64. The maximum atomic E-state index is 12.5. The molecule has 0 radical (unpaired) electrons. The van der Waals surface area contributed by atoms with Crippen LogP contribution in [0.15, 0.2) is 52.3 Å². The quantitative estimate of drug-likeness (QED) is 0.554. The van der Waals surface area contributed by atoms with Crippen molar-refractivity contribution < 1.29 is 18.5 Å². The van der Waals surface area contributed by atoms with Gasteiger partial charge in [0.25, 0.3) is 0 Å². The van der Waals surface area contributed by atoms with Crippen molar-refractivity contribution in [2.45, 2.75) is 9.79 Å². The second kappa shape index (κ2) is 4.09. The molecule has 0 saturated carbocycles. The first-order valence-corrected chi connectivity index (χ1v) is 7.10. The lowest BCUT2D eigenvalue weighted by molar-refractivity contribution is 0.425. The minimum Gasteiger partial charge on any atom is -0.423 e. The van der Waals surface area contributed by atoms with Gasteiger partial charge in [-0.25, -0.2) is 8.42 Å². The van der Waals surface area contributed by atoms with Crippen molar-refractivity contribution in [3.8, 4) is 0 Å². The van der Waals surface area contributed by atoms with E-state index in [4.69, 9.17) is 10.0 Å². The second-order valence-corrected chi connectivity index (χ2v) is 6.14. The molecule has 2 aromatic rings. The van der Waals surface area contributed by atoms with E-state index in [-0.39, 0.29) is 15.3 Å². The molecule has 0 aliphatic carbocycles. The van der Waals surface area contributed by atoms with Crippen LogP contribution >= 0.6 is 0 Å². The van der Waals surface area contributed by atoms with Crippen molar-refractivity contribution in [1.29, 1.82) is 0 Å². The molecule has 96 valence electrons. The zero-order chi connectivity index (χ0) is 13.6. The van der Waals surface area contributed by atoms with E-state index in [1.54, 1.807) is 18.2 Å². The number of fused-ring (bicyclic) bond motifs is 2. The van der Waals surface area contributed by atoms with Crippen molar-refractivity contribution >= 4 is 33.8 Å². The van der Waals surface area contributed by atoms with Gasteiger partial charge in [-0.3, -0.25) is 0 Å². The van der Waals surface area contributed by atoms with Gasteiger partial charge in [0, 0.05) is 0 Å². The van der Waals surface area contributed by atoms with Gasteiger partial charge in [-0.15, -0.1) is 0 Å². The Hall–Kier alpha value is -1.83. The molecule has 0 bridgehead atoms. The lowest BCUT2D eigenvalue weighted by Gasteiger charge is -2.21. The third-order valence-electron chi connectivity index (χ3n) is 3.04. The van der Waals surface area contributed by atoms with Crippen molar-refractivity contribution in [3.05, 3.63) is 42.5 Å². The summed E-state index contributed by atoms with van der Waals surface area (Å²) in [5.41, 5.74) is 1.10. The molecule has 2 aromatic carbocycles. The van der Waals surface area contributed by atoms with Crippen LogP contribution < -0.4 is 10.8 Å². The highest BCUT2D eigenvalue weighted by Crippen LogP contribution is 2.38. The first kappa shape index (κ1) is 12.2. The third-order valence-corrected chi connectivity index (χ3v) is 4.89. The maximum Gasteiger partial charge on any atom is 0.488 e. The zero-order valence-corrected chi connectivity index (χ0v) is 10.6. The summed E-state index contributed by atoms with van der Waals surface area (Å²) in [6, 6.07) is 10.9. The molecule has 0 aromatic heterocycles. The molecule has 1 aliphatic heterocycles. The number of benzene rings is 2. The molecule has 0 unspecified atom stereocenters. The Balaban J connectivity index is 2.26. The van der Waals surface area contributed by atoms with E-state index in [0.29, 0.717) is 11.4 Å². The highest BCUT2D eigenvalue weighted by atomic mass is 32.2. The van der Waals surface area contributed by atoms with E-state index in [9.17, 15) is 8.42 Å². The number of sulfone groups is 1. The van der Waals surface area contributed by atoms with Crippen molar-refractivity contribution in [2.75, 3.05) is 5.32 Å². The van der Waals surface area contributed by atoms with Gasteiger partial charge >= 0.3 is 7.12 Å². The molecule has 19 heavy (non-hydrogen) atoms. The van der Waals surface area contributed by atoms with Crippen LogP contribution in [0.25, 0.3) is 0 Å². The van der Waals surface area contributed by atoms with Crippen LogP contribution in [0, 0.1) is 0 Å². The summed E-state index contributed by atoms with van der Waals surface area (Å²) in [6.07, 6.45) is 0. The Morgan fingerprint density at radius 2 is 1.63 bits per heavy atom. The van der Waals surface area contributed by atoms with Crippen LogP contribution in [0.4, 0.5) is 11.4 Å². The number of hydrogen-bond donors (Lipinski definition) is 3. The molecule has 0 amide bonds. The van der Waals surface area contributed by atoms with Crippen LogP contribution in [-0.4, -0.2) is 25.6 Å². The molecule has 0 spiro atoms. The SMILES string of the molecule is O=S1(=O)c2ccccc2Nc2ccc(B(O)O)cc21. The van der Waals surface area contributed by atoms with Crippen molar-refractivity contribution in [3.63, 3.8) is 0 Å². The summed E-state index contributed by atoms with van der Waals surface area (Å²) in [4.78, 5) is 0.240. The van der Waals surface area contributed by atoms with Gasteiger partial charge in [-0.2, -0.15) is 0 Å². The fourth-order valence-corrected chi connectivity index (χ4v) is 3.70. The van der Waals surface area contributed by atoms with E-state index in [1.807, 2.05) is 0 Å². The van der Waals surface area contributed by atoms with Gasteiger partial charge in [0.15, 0.2) is 0 Å². The van der Waals surface area contributed by atoms with Crippen LogP contribution in [0.2, 0.25) is 0 Å². The van der Waals surface area contributed by atoms with Gasteiger partial charge < -0.3 is 15.4 Å². The highest BCUT2D eigenvalue weighted by molar-refractivity contribution is 7.92. The molecule has 5 nitrogen and oxygen atoms in total. The second-order valence-electron chi connectivity index (χ2n) is 4.25. The first-order chi connectivity index (χ1) is 9.00. The van der Waals surface area contributed by atoms with E-state index in [2.05, 4.69) is 5.32 Å². The molecule has 1 heterocycles. The van der Waals surface area contributed by atoms with E-state index >= 15 is 0 Å². The van der Waals surface area contributed by atoms with Gasteiger partial charge in [-0.1, -0.05) is 18.2 Å². The Morgan fingerprint density at radius 1 is 0.947 bits per heavy atom. The molecule has 0 saturated heterocycles. The molecular weight excluding hydrogens is 265 g/mol. The standard InChI is InChI=1S/C12H10BNO4S/c15-13(16)8-5-6-10-12(7-8)19(17,18)11-4-2-1-3-9(11)14-10/h1-7,14-16H. The first-order valence-electron chi connectivity index (χ1n) is 5.61. The van der Waals surface area contributed by atoms with Gasteiger partial charge in [0.1, 0.15) is 0 Å². The molecule has 3 N–H and O–H groups in total. The van der Waals surface area contributed by atoms with Crippen molar-refractivity contribution in [1.82, 2.24) is 0 Å². The van der Waals surface area contributed by atoms with Crippen molar-refractivity contribution in [2.24, 2.45) is 0 Å². The molecule has 0 fully saturated rings. The molecular formula is C12H10BNO4S. The molecule has 7 heteroatoms. The number of anilines is 2. The summed E-state index contributed by atoms with van der Waals surface area (Å²) < 4.78 is 24.9. The number of hydrogen-bond acceptors (Lipinski definition) is 5. The van der Waals surface area contributed by atoms with Gasteiger partial charge in [-0.05, 0) is 29.7 Å². The minimum absolute atomic E-state index is 0.0526. The third kappa shape index (κ3) is 1.83. The molecule has 3 rings (SSSR count). The lowest BCUT2D eigenvalue weighted by Crippen LogP contribution is -2.31. The predicted molar refractivity (Wildman–Crippen MR) is 71.4 cm³/mol. The van der Waals surface area contributed by atoms with Crippen LogP contribution in [0.5, 0.6) is 0 Å². The maximum absolute atomic E-state index is 12.5. The Morgan fingerprint density at radius 3 is 2.37 bits per heavy atom.